The number of thiazole rings is 1. The number of pyridine rings is 1. The second kappa shape index (κ2) is 12.1. The zero-order chi connectivity index (χ0) is 29.5. The third-order valence-corrected chi connectivity index (χ3v) is 9.05. The summed E-state index contributed by atoms with van der Waals surface area (Å²) in [6, 6.07) is 8.35. The van der Waals surface area contributed by atoms with E-state index < -0.39 is 39.8 Å². The number of amides is 3. The molecule has 0 aliphatic carbocycles. The maximum Gasteiger partial charge on any atom is 0.330 e. The summed E-state index contributed by atoms with van der Waals surface area (Å²) in [5.74, 6) is -2.27. The van der Waals surface area contributed by atoms with E-state index in [-0.39, 0.29) is 42.7 Å². The van der Waals surface area contributed by atoms with Crippen LogP contribution in [0.2, 0.25) is 0 Å². The zero-order valence-corrected chi connectivity index (χ0v) is 24.9. The average molecular weight is 637 g/mol. The van der Waals surface area contributed by atoms with Gasteiger partial charge in [-0.1, -0.05) is 17.4 Å². The lowest BCUT2D eigenvalue weighted by molar-refractivity contribution is -0.120. The van der Waals surface area contributed by atoms with Crippen molar-refractivity contribution in [2.24, 2.45) is 7.05 Å². The highest BCUT2D eigenvalue weighted by Gasteiger charge is 2.33. The van der Waals surface area contributed by atoms with E-state index in [1.54, 1.807) is 37.4 Å². The molecule has 2 aromatic carbocycles. The number of carbonyl (C=O) groups is 2. The largest absolute Gasteiger partial charge is 0.330 e. The number of aromatic nitrogens is 2. The molecule has 0 saturated carbocycles. The monoisotopic (exact) mass is 636 g/mol. The number of aryl methyl sites for hydroxylation is 1. The van der Waals surface area contributed by atoms with E-state index in [1.807, 2.05) is 4.72 Å². The topological polar surface area (TPSA) is 134 Å². The Balaban J connectivity index is 0.00000405. The van der Waals surface area contributed by atoms with Crippen LogP contribution in [0.25, 0.3) is 10.2 Å². The van der Waals surface area contributed by atoms with Crippen LogP contribution in [0, 0.1) is 11.6 Å². The molecule has 0 saturated heterocycles. The van der Waals surface area contributed by atoms with E-state index in [0.717, 1.165) is 27.8 Å². The Labute approximate surface area is 250 Å². The first-order valence-electron chi connectivity index (χ1n) is 12.3. The van der Waals surface area contributed by atoms with Gasteiger partial charge in [0, 0.05) is 45.0 Å². The molecule has 3 heterocycles. The molecule has 222 valence electrons. The summed E-state index contributed by atoms with van der Waals surface area (Å²) in [7, 11) is -1.38. The van der Waals surface area contributed by atoms with Crippen molar-refractivity contribution in [3.05, 3.63) is 87.2 Å². The molecule has 1 aliphatic heterocycles. The smallest absolute Gasteiger partial charge is 0.325 e. The fourth-order valence-corrected chi connectivity index (χ4v) is 6.61. The van der Waals surface area contributed by atoms with Gasteiger partial charge in [0.2, 0.25) is 5.91 Å². The van der Waals surface area contributed by atoms with Gasteiger partial charge in [-0.2, -0.15) is 21.9 Å². The van der Waals surface area contributed by atoms with E-state index >= 15 is 0 Å². The van der Waals surface area contributed by atoms with Gasteiger partial charge in [-0.3, -0.25) is 9.59 Å². The van der Waals surface area contributed by atoms with Crippen molar-refractivity contribution in [1.29, 1.82) is 0 Å². The number of rotatable bonds is 7. The second-order valence-electron chi connectivity index (χ2n) is 9.40. The van der Waals surface area contributed by atoms with Crippen LogP contribution < -0.4 is 24.1 Å². The predicted molar refractivity (Wildman–Crippen MR) is 161 cm³/mol. The zero-order valence-electron chi connectivity index (χ0n) is 22.3. The Morgan fingerprint density at radius 2 is 1.86 bits per heavy atom. The number of halogens is 2. The van der Waals surface area contributed by atoms with Gasteiger partial charge >= 0.3 is 21.1 Å². The molecule has 3 amide bonds. The first-order chi connectivity index (χ1) is 19.4. The molecular weight excluding hydrogens is 611 g/mol. The van der Waals surface area contributed by atoms with Crippen molar-refractivity contribution in [3.8, 4) is 0 Å². The molecule has 1 atom stereocenters. The Hall–Kier alpha value is -4.02. The van der Waals surface area contributed by atoms with Gasteiger partial charge in [0.15, 0.2) is 0 Å². The lowest BCUT2D eigenvalue weighted by Crippen LogP contribution is -2.54. The SMILES string of the molecule is CN(C(=O)[C@H](Cc1cc(F)cc(F)c1)NC(=O)NS(=O)(=O)N1CCc2cccnc21)c1ccc2sc(=O)n(C)c2c1.S. The van der Waals surface area contributed by atoms with Gasteiger partial charge in [-0.25, -0.2) is 27.6 Å². The van der Waals surface area contributed by atoms with Crippen LogP contribution in [0.15, 0.2) is 59.5 Å². The summed E-state index contributed by atoms with van der Waals surface area (Å²) in [5.41, 5.74) is 1.71. The molecule has 0 fully saturated rings. The molecular formula is C26H26F2N6O5S3. The van der Waals surface area contributed by atoms with Crippen LogP contribution in [-0.2, 0) is 34.9 Å². The number of hydrogen-bond donors (Lipinski definition) is 2. The fraction of sp³-hybridized carbons (Fsp3) is 0.231. The molecule has 1 aliphatic rings. The van der Waals surface area contributed by atoms with Crippen LogP contribution >= 0.6 is 24.8 Å². The lowest BCUT2D eigenvalue weighted by Gasteiger charge is -2.26. The van der Waals surface area contributed by atoms with Crippen molar-refractivity contribution in [3.63, 3.8) is 0 Å². The van der Waals surface area contributed by atoms with E-state index in [2.05, 4.69) is 10.3 Å². The third-order valence-electron chi connectivity index (χ3n) is 6.66. The average Bonchev–Trinajstić information content (AvgIpc) is 3.47. The molecule has 0 bridgehead atoms. The summed E-state index contributed by atoms with van der Waals surface area (Å²) in [6.45, 7) is 0.0657. The molecule has 42 heavy (non-hydrogen) atoms. The van der Waals surface area contributed by atoms with Gasteiger partial charge in [-0.05, 0) is 53.9 Å². The van der Waals surface area contributed by atoms with E-state index in [9.17, 15) is 31.6 Å². The predicted octanol–water partition coefficient (Wildman–Crippen LogP) is 2.57. The molecule has 0 unspecified atom stereocenters. The molecule has 0 radical (unpaired) electrons. The molecule has 4 aromatic rings. The number of urea groups is 1. The number of nitrogens with zero attached hydrogens (tertiary/aromatic N) is 4. The number of benzene rings is 2. The minimum atomic E-state index is -4.40. The molecule has 16 heteroatoms. The van der Waals surface area contributed by atoms with Crippen molar-refractivity contribution < 1.29 is 26.8 Å². The Morgan fingerprint density at radius 3 is 2.57 bits per heavy atom. The summed E-state index contributed by atoms with van der Waals surface area (Å²) in [4.78, 5) is 43.7. The minimum absolute atomic E-state index is 0. The van der Waals surface area contributed by atoms with Crippen LogP contribution in [-0.4, -0.2) is 49.5 Å². The highest BCUT2D eigenvalue weighted by molar-refractivity contribution is 7.91. The quantitative estimate of drug-likeness (QED) is 0.321. The van der Waals surface area contributed by atoms with Crippen LogP contribution in [0.3, 0.4) is 0 Å². The first kappa shape index (κ1) is 30.9. The van der Waals surface area contributed by atoms with Crippen LogP contribution in [0.5, 0.6) is 0 Å². The van der Waals surface area contributed by atoms with Crippen LogP contribution in [0.4, 0.5) is 25.1 Å². The lowest BCUT2D eigenvalue weighted by atomic mass is 10.0. The minimum Gasteiger partial charge on any atom is -0.325 e. The van der Waals surface area contributed by atoms with Crippen molar-refractivity contribution in [1.82, 2.24) is 19.6 Å². The Morgan fingerprint density at radius 1 is 1.14 bits per heavy atom. The number of fused-ring (bicyclic) bond motifs is 2. The Bertz CT molecular complexity index is 1830. The number of likely N-dealkylation sites (N-methyl/N-ethyl adjacent to an activating group) is 1. The molecule has 11 nitrogen and oxygen atoms in total. The number of carbonyl (C=O) groups excluding carboxylic acids is 2. The molecule has 0 spiro atoms. The Kier molecular flexibility index (Phi) is 8.89. The van der Waals surface area contributed by atoms with Gasteiger partial charge in [0.05, 0.1) is 10.2 Å². The molecule has 2 aromatic heterocycles. The van der Waals surface area contributed by atoms with Gasteiger partial charge in [0.25, 0.3) is 0 Å². The maximum absolute atomic E-state index is 13.9. The summed E-state index contributed by atoms with van der Waals surface area (Å²) < 4.78 is 58.8. The summed E-state index contributed by atoms with van der Waals surface area (Å²) >= 11 is 1.04. The van der Waals surface area contributed by atoms with Gasteiger partial charge < -0.3 is 14.8 Å². The highest BCUT2D eigenvalue weighted by Crippen LogP contribution is 2.27. The third kappa shape index (κ3) is 6.24. The standard InChI is InChI=1S/C26H24F2N6O5S2.H2S/c1-32(19-5-6-22-21(14-19)33(2)26(37)40-22)24(35)20(12-15-10-17(27)13-18(28)11-15)30-25(36)31-41(38,39)34-9-7-16-4-3-8-29-23(16)34;/h3-6,8,10-11,13-14,20H,7,9,12H2,1-2H3,(H2,30,31,36);1H2/t20-;/m0./s1. The van der Waals surface area contributed by atoms with E-state index in [4.69, 9.17) is 0 Å². The van der Waals surface area contributed by atoms with Gasteiger partial charge in [-0.15, -0.1) is 0 Å². The normalized spacial score (nSPS) is 13.3. The number of nitrogens with one attached hydrogen (secondary N) is 2. The number of anilines is 2. The van der Waals surface area contributed by atoms with Gasteiger partial charge in [0.1, 0.15) is 23.5 Å². The summed E-state index contributed by atoms with van der Waals surface area (Å²) in [6.07, 6.45) is 1.49. The van der Waals surface area contributed by atoms with Crippen molar-refractivity contribution >= 4 is 68.7 Å². The second-order valence-corrected chi connectivity index (χ2v) is 12.0. The molecule has 5 rings (SSSR count). The summed E-state index contributed by atoms with van der Waals surface area (Å²) in [5, 5.41) is 2.35. The molecule has 2 N–H and O–H groups in total. The fourth-order valence-electron chi connectivity index (χ4n) is 4.62. The van der Waals surface area contributed by atoms with E-state index in [1.165, 1.54) is 22.7 Å². The van der Waals surface area contributed by atoms with Crippen molar-refractivity contribution in [2.45, 2.75) is 18.9 Å². The van der Waals surface area contributed by atoms with Crippen molar-refractivity contribution in [2.75, 3.05) is 22.8 Å². The van der Waals surface area contributed by atoms with E-state index in [0.29, 0.717) is 34.0 Å². The highest BCUT2D eigenvalue weighted by atomic mass is 32.2. The first-order valence-corrected chi connectivity index (χ1v) is 14.6. The maximum atomic E-state index is 13.9. The van der Waals surface area contributed by atoms with Crippen LogP contribution in [0.1, 0.15) is 11.1 Å². The number of hydrogen-bond acceptors (Lipinski definition) is 7.